The van der Waals surface area contributed by atoms with E-state index in [1.54, 1.807) is 21.3 Å². The number of hydrogen-bond acceptors (Lipinski definition) is 4. The average Bonchev–Trinajstić information content (AvgIpc) is 2.82. The van der Waals surface area contributed by atoms with Crippen LogP contribution in [0.4, 0.5) is 0 Å². The van der Waals surface area contributed by atoms with Crippen LogP contribution >= 0.6 is 0 Å². The molecule has 2 aromatic rings. The molecule has 0 aromatic heterocycles. The fourth-order valence-corrected chi connectivity index (χ4v) is 7.11. The first-order valence-corrected chi connectivity index (χ1v) is 13.0. The van der Waals surface area contributed by atoms with Gasteiger partial charge in [0.2, 0.25) is 10.0 Å². The third kappa shape index (κ3) is 4.60. The molecule has 2 aliphatic heterocycles. The van der Waals surface area contributed by atoms with Crippen molar-refractivity contribution in [2.45, 2.75) is 62.9 Å². The van der Waals surface area contributed by atoms with Crippen molar-refractivity contribution in [2.24, 2.45) is 0 Å². The summed E-state index contributed by atoms with van der Waals surface area (Å²) in [6.07, 6.45) is 4.24. The maximum Gasteiger partial charge on any atom is 0.254 e. The monoisotopic (exact) mass is 456 g/mol. The smallest absolute Gasteiger partial charge is 0.254 e. The SMILES string of the molecule is C[C@H]1CCC(c2ccccc2)S(=O)(=O)N1Cc1ccc(C(=O)N2CCCCC2CO)cc1. The number of aliphatic hydroxyl groups excluding tert-OH is 1. The van der Waals surface area contributed by atoms with Gasteiger partial charge in [-0.3, -0.25) is 4.79 Å². The summed E-state index contributed by atoms with van der Waals surface area (Å²) < 4.78 is 28.4. The van der Waals surface area contributed by atoms with E-state index in [2.05, 4.69) is 0 Å². The summed E-state index contributed by atoms with van der Waals surface area (Å²) in [5.74, 6) is -0.0709. The topological polar surface area (TPSA) is 77.9 Å². The number of carbonyl (C=O) groups is 1. The largest absolute Gasteiger partial charge is 0.394 e. The number of sulfonamides is 1. The van der Waals surface area contributed by atoms with Crippen LogP contribution in [0.3, 0.4) is 0 Å². The van der Waals surface area contributed by atoms with E-state index >= 15 is 0 Å². The lowest BCUT2D eigenvalue weighted by Crippen LogP contribution is -2.45. The molecule has 2 fully saturated rings. The van der Waals surface area contributed by atoms with Gasteiger partial charge in [0.15, 0.2) is 0 Å². The van der Waals surface area contributed by atoms with Crippen LogP contribution < -0.4 is 0 Å². The summed E-state index contributed by atoms with van der Waals surface area (Å²) in [7, 11) is -3.49. The van der Waals surface area contributed by atoms with E-state index in [1.165, 1.54) is 0 Å². The molecule has 2 saturated heterocycles. The van der Waals surface area contributed by atoms with E-state index in [4.69, 9.17) is 0 Å². The first kappa shape index (κ1) is 23.0. The molecule has 2 aliphatic rings. The van der Waals surface area contributed by atoms with Crippen LogP contribution in [0.2, 0.25) is 0 Å². The minimum absolute atomic E-state index is 0.0168. The maximum atomic E-state index is 13.4. The fourth-order valence-electron chi connectivity index (χ4n) is 4.91. The fraction of sp³-hybridized carbons (Fsp3) is 0.480. The van der Waals surface area contributed by atoms with Crippen molar-refractivity contribution in [3.05, 3.63) is 71.3 Å². The highest BCUT2D eigenvalue weighted by Crippen LogP contribution is 2.38. The third-order valence-corrected chi connectivity index (χ3v) is 9.20. The molecule has 6 nitrogen and oxygen atoms in total. The number of hydrogen-bond donors (Lipinski definition) is 1. The van der Waals surface area contributed by atoms with Crippen molar-refractivity contribution in [3.8, 4) is 0 Å². The second kappa shape index (κ2) is 9.73. The van der Waals surface area contributed by atoms with Crippen LogP contribution in [0.25, 0.3) is 0 Å². The summed E-state index contributed by atoms with van der Waals surface area (Å²) in [5, 5.41) is 9.09. The lowest BCUT2D eigenvalue weighted by molar-refractivity contribution is 0.0503. The van der Waals surface area contributed by atoms with Gasteiger partial charge >= 0.3 is 0 Å². The predicted molar refractivity (Wildman–Crippen MR) is 125 cm³/mol. The first-order valence-electron chi connectivity index (χ1n) is 11.5. The lowest BCUT2D eigenvalue weighted by Gasteiger charge is -2.37. The van der Waals surface area contributed by atoms with Crippen LogP contribution in [-0.2, 0) is 16.6 Å². The molecule has 2 aromatic carbocycles. The molecular weight excluding hydrogens is 424 g/mol. The molecule has 1 N–H and O–H groups in total. The Kier molecular flexibility index (Phi) is 6.98. The number of rotatable bonds is 5. The predicted octanol–water partition coefficient (Wildman–Crippen LogP) is 3.73. The van der Waals surface area contributed by atoms with Crippen molar-refractivity contribution >= 4 is 15.9 Å². The highest BCUT2D eigenvalue weighted by Gasteiger charge is 2.40. The van der Waals surface area contributed by atoms with Gasteiger partial charge in [0.1, 0.15) is 5.25 Å². The number of likely N-dealkylation sites (tertiary alicyclic amines) is 1. The molecule has 0 spiro atoms. The van der Waals surface area contributed by atoms with E-state index < -0.39 is 15.3 Å². The Labute approximate surface area is 190 Å². The average molecular weight is 457 g/mol. The zero-order valence-corrected chi connectivity index (χ0v) is 19.4. The van der Waals surface area contributed by atoms with Gasteiger partial charge in [-0.2, -0.15) is 4.31 Å². The van der Waals surface area contributed by atoms with E-state index in [0.717, 1.165) is 36.8 Å². The molecule has 0 aliphatic carbocycles. The van der Waals surface area contributed by atoms with Crippen LogP contribution in [0.5, 0.6) is 0 Å². The molecule has 32 heavy (non-hydrogen) atoms. The van der Waals surface area contributed by atoms with Crippen molar-refractivity contribution in [1.29, 1.82) is 0 Å². The van der Waals surface area contributed by atoms with Crippen molar-refractivity contribution < 1.29 is 18.3 Å². The molecular formula is C25H32N2O4S. The van der Waals surface area contributed by atoms with Gasteiger partial charge in [-0.05, 0) is 62.3 Å². The van der Waals surface area contributed by atoms with Gasteiger partial charge in [-0.25, -0.2) is 8.42 Å². The highest BCUT2D eigenvalue weighted by molar-refractivity contribution is 7.89. The Balaban J connectivity index is 1.50. The van der Waals surface area contributed by atoms with Crippen LogP contribution in [0.15, 0.2) is 54.6 Å². The summed E-state index contributed by atoms with van der Waals surface area (Å²) in [4.78, 5) is 14.7. The standard InChI is InChI=1S/C25H32N2O4S/c1-19-10-15-24(21-7-3-2-4-8-21)32(30,31)27(19)17-20-11-13-22(14-12-20)25(29)26-16-6-5-9-23(26)18-28/h2-4,7-8,11-14,19,23-24,28H,5-6,9-10,15-18H2,1H3/t19-,23?,24?/m0/s1. The van der Waals surface area contributed by atoms with Crippen LogP contribution in [0, 0.1) is 0 Å². The molecule has 2 unspecified atom stereocenters. The third-order valence-electron chi connectivity index (χ3n) is 6.83. The molecule has 3 atom stereocenters. The highest BCUT2D eigenvalue weighted by atomic mass is 32.2. The normalized spacial score (nSPS) is 26.1. The Bertz CT molecular complexity index is 1020. The molecule has 1 amide bonds. The molecule has 0 radical (unpaired) electrons. The van der Waals surface area contributed by atoms with E-state index in [-0.39, 0.29) is 24.6 Å². The number of nitrogens with zero attached hydrogens (tertiary/aromatic N) is 2. The van der Waals surface area contributed by atoms with Crippen molar-refractivity contribution in [3.63, 3.8) is 0 Å². The Hall–Kier alpha value is -2.22. The summed E-state index contributed by atoms with van der Waals surface area (Å²) in [6.45, 7) is 2.90. The number of benzene rings is 2. The Morgan fingerprint density at radius 3 is 2.41 bits per heavy atom. The van der Waals surface area contributed by atoms with Gasteiger partial charge in [0, 0.05) is 24.7 Å². The van der Waals surface area contributed by atoms with Crippen molar-refractivity contribution in [1.82, 2.24) is 9.21 Å². The quantitative estimate of drug-likeness (QED) is 0.744. The molecule has 2 heterocycles. The number of piperidine rings is 1. The van der Waals surface area contributed by atoms with Gasteiger partial charge in [0.05, 0.1) is 12.6 Å². The van der Waals surface area contributed by atoms with Gasteiger partial charge < -0.3 is 10.0 Å². The van der Waals surface area contributed by atoms with Gasteiger partial charge in [0.25, 0.3) is 5.91 Å². The summed E-state index contributed by atoms with van der Waals surface area (Å²) >= 11 is 0. The zero-order valence-electron chi connectivity index (χ0n) is 18.6. The maximum absolute atomic E-state index is 13.4. The minimum Gasteiger partial charge on any atom is -0.394 e. The minimum atomic E-state index is -3.49. The molecule has 7 heteroatoms. The summed E-state index contributed by atoms with van der Waals surface area (Å²) in [5.41, 5.74) is 2.28. The van der Waals surface area contributed by atoms with Gasteiger partial charge in [-0.1, -0.05) is 42.5 Å². The summed E-state index contributed by atoms with van der Waals surface area (Å²) in [6, 6.07) is 16.5. The van der Waals surface area contributed by atoms with Crippen LogP contribution in [-0.4, -0.2) is 53.9 Å². The van der Waals surface area contributed by atoms with E-state index in [9.17, 15) is 18.3 Å². The molecule has 0 bridgehead atoms. The second-order valence-electron chi connectivity index (χ2n) is 8.94. The van der Waals surface area contributed by atoms with E-state index in [0.29, 0.717) is 25.1 Å². The molecule has 0 saturated carbocycles. The molecule has 4 rings (SSSR count). The number of carbonyl (C=O) groups excluding carboxylic acids is 1. The second-order valence-corrected chi connectivity index (χ2v) is 11.0. The first-order chi connectivity index (χ1) is 15.4. The van der Waals surface area contributed by atoms with E-state index in [1.807, 2.05) is 49.4 Å². The lowest BCUT2D eigenvalue weighted by atomic mass is 10.0. The zero-order chi connectivity index (χ0) is 22.7. The van der Waals surface area contributed by atoms with Crippen molar-refractivity contribution in [2.75, 3.05) is 13.2 Å². The van der Waals surface area contributed by atoms with Gasteiger partial charge in [-0.15, -0.1) is 0 Å². The van der Waals surface area contributed by atoms with Crippen LogP contribution in [0.1, 0.15) is 65.8 Å². The number of amides is 1. The Morgan fingerprint density at radius 2 is 1.72 bits per heavy atom. The molecule has 172 valence electrons. The Morgan fingerprint density at radius 1 is 1.00 bits per heavy atom. The number of aliphatic hydroxyl groups is 1.